The molecule has 72 valence electrons. The number of aromatic nitrogens is 1. The standard InChI is InChI=1S/C10H8ClNO2/c1-5-9(11)8-6(10(13)14)3-2-4-7(8)12-5/h2-4,12H,1H3,(H,13,14). The summed E-state index contributed by atoms with van der Waals surface area (Å²) in [5.74, 6) is -0.962. The van der Waals surface area contributed by atoms with Gasteiger partial charge in [-0.15, -0.1) is 0 Å². The number of rotatable bonds is 1. The fourth-order valence-electron chi connectivity index (χ4n) is 1.52. The van der Waals surface area contributed by atoms with Crippen LogP contribution in [0.15, 0.2) is 18.2 Å². The van der Waals surface area contributed by atoms with Crippen LogP contribution in [0.5, 0.6) is 0 Å². The second kappa shape index (κ2) is 3.03. The molecule has 0 bridgehead atoms. The van der Waals surface area contributed by atoms with Crippen molar-refractivity contribution in [2.75, 3.05) is 0 Å². The van der Waals surface area contributed by atoms with Crippen molar-refractivity contribution in [3.63, 3.8) is 0 Å². The lowest BCUT2D eigenvalue weighted by atomic mass is 10.1. The number of fused-ring (bicyclic) bond motifs is 1. The van der Waals surface area contributed by atoms with E-state index in [1.807, 2.05) is 6.92 Å². The number of carbonyl (C=O) groups is 1. The van der Waals surface area contributed by atoms with Gasteiger partial charge in [0.05, 0.1) is 10.6 Å². The molecule has 2 N–H and O–H groups in total. The molecule has 0 saturated carbocycles. The lowest BCUT2D eigenvalue weighted by Crippen LogP contribution is -1.96. The molecular weight excluding hydrogens is 202 g/mol. The predicted octanol–water partition coefficient (Wildman–Crippen LogP) is 2.83. The number of nitrogens with one attached hydrogen (secondary N) is 1. The molecule has 14 heavy (non-hydrogen) atoms. The molecule has 3 nitrogen and oxygen atoms in total. The number of hydrogen-bond acceptors (Lipinski definition) is 1. The smallest absolute Gasteiger partial charge is 0.336 e. The highest BCUT2D eigenvalue weighted by Crippen LogP contribution is 2.29. The Morgan fingerprint density at radius 2 is 2.21 bits per heavy atom. The number of carboxylic acid groups (broad SMARTS) is 1. The zero-order valence-corrected chi connectivity index (χ0v) is 8.22. The third-order valence-corrected chi connectivity index (χ3v) is 2.64. The van der Waals surface area contributed by atoms with Crippen LogP contribution in [-0.2, 0) is 0 Å². The van der Waals surface area contributed by atoms with Crippen LogP contribution in [0.3, 0.4) is 0 Å². The molecule has 0 aliphatic carbocycles. The van der Waals surface area contributed by atoms with Gasteiger partial charge in [0.1, 0.15) is 0 Å². The number of hydrogen-bond donors (Lipinski definition) is 2. The summed E-state index contributed by atoms with van der Waals surface area (Å²) in [5, 5.41) is 10.0. The molecule has 0 aliphatic rings. The summed E-state index contributed by atoms with van der Waals surface area (Å²) >= 11 is 6.00. The van der Waals surface area contributed by atoms with Gasteiger partial charge in [-0.3, -0.25) is 0 Å². The van der Waals surface area contributed by atoms with E-state index in [2.05, 4.69) is 4.98 Å². The minimum atomic E-state index is -0.962. The Morgan fingerprint density at radius 3 is 2.86 bits per heavy atom. The molecular formula is C10H8ClNO2. The van der Waals surface area contributed by atoms with E-state index in [9.17, 15) is 4.79 Å². The molecule has 1 heterocycles. The summed E-state index contributed by atoms with van der Waals surface area (Å²) < 4.78 is 0. The third-order valence-electron chi connectivity index (χ3n) is 2.17. The van der Waals surface area contributed by atoms with Crippen molar-refractivity contribution < 1.29 is 9.90 Å². The fourth-order valence-corrected chi connectivity index (χ4v) is 1.77. The van der Waals surface area contributed by atoms with E-state index in [0.29, 0.717) is 10.4 Å². The van der Waals surface area contributed by atoms with Crippen molar-refractivity contribution in [1.29, 1.82) is 0 Å². The molecule has 4 heteroatoms. The van der Waals surface area contributed by atoms with Crippen molar-refractivity contribution in [3.05, 3.63) is 34.5 Å². The van der Waals surface area contributed by atoms with Gasteiger partial charge in [-0.2, -0.15) is 0 Å². The van der Waals surface area contributed by atoms with Gasteiger partial charge < -0.3 is 10.1 Å². The Bertz CT molecular complexity index is 516. The zero-order valence-electron chi connectivity index (χ0n) is 7.47. The third kappa shape index (κ3) is 1.17. The summed E-state index contributed by atoms with van der Waals surface area (Å²) in [6, 6.07) is 5.04. The fraction of sp³-hybridized carbons (Fsp3) is 0.100. The molecule has 2 rings (SSSR count). The molecule has 0 aliphatic heterocycles. The topological polar surface area (TPSA) is 53.1 Å². The number of benzene rings is 1. The first kappa shape index (κ1) is 9.09. The van der Waals surface area contributed by atoms with Crippen molar-refractivity contribution >= 4 is 28.5 Å². The molecule has 2 aromatic rings. The number of H-pyrrole nitrogens is 1. The summed E-state index contributed by atoms with van der Waals surface area (Å²) in [4.78, 5) is 13.9. The van der Waals surface area contributed by atoms with Crippen LogP contribution in [0, 0.1) is 6.92 Å². The van der Waals surface area contributed by atoms with Gasteiger partial charge in [-0.05, 0) is 19.1 Å². The molecule has 0 spiro atoms. The van der Waals surface area contributed by atoms with E-state index in [1.54, 1.807) is 18.2 Å². The Balaban J connectivity index is 2.91. The molecule has 0 radical (unpaired) electrons. The average Bonchev–Trinajstić information content (AvgIpc) is 2.43. The van der Waals surface area contributed by atoms with Crippen molar-refractivity contribution in [3.8, 4) is 0 Å². The van der Waals surface area contributed by atoms with Gasteiger partial charge >= 0.3 is 5.97 Å². The first-order valence-electron chi connectivity index (χ1n) is 4.11. The van der Waals surface area contributed by atoms with Crippen molar-refractivity contribution in [2.24, 2.45) is 0 Å². The SMILES string of the molecule is Cc1[nH]c2cccc(C(=O)O)c2c1Cl. The highest BCUT2D eigenvalue weighted by molar-refractivity contribution is 6.37. The summed E-state index contributed by atoms with van der Waals surface area (Å²) in [6.45, 7) is 1.81. The number of carboxylic acids is 1. The number of aryl methyl sites for hydroxylation is 1. The lowest BCUT2D eigenvalue weighted by Gasteiger charge is -1.96. The van der Waals surface area contributed by atoms with Gasteiger partial charge in [0, 0.05) is 16.6 Å². The second-order valence-electron chi connectivity index (χ2n) is 3.10. The van der Waals surface area contributed by atoms with Crippen molar-refractivity contribution in [1.82, 2.24) is 4.98 Å². The van der Waals surface area contributed by atoms with E-state index in [4.69, 9.17) is 16.7 Å². The summed E-state index contributed by atoms with van der Waals surface area (Å²) in [6.07, 6.45) is 0. The van der Waals surface area contributed by atoms with E-state index < -0.39 is 5.97 Å². The highest BCUT2D eigenvalue weighted by Gasteiger charge is 2.14. The van der Waals surface area contributed by atoms with Crippen molar-refractivity contribution in [2.45, 2.75) is 6.92 Å². The minimum absolute atomic E-state index is 0.233. The number of halogens is 1. The van der Waals surface area contributed by atoms with Crippen LogP contribution in [-0.4, -0.2) is 16.1 Å². The van der Waals surface area contributed by atoms with Gasteiger partial charge in [0.25, 0.3) is 0 Å². The molecule has 0 amide bonds. The monoisotopic (exact) mass is 209 g/mol. The van der Waals surface area contributed by atoms with Crippen LogP contribution in [0.2, 0.25) is 5.02 Å². The number of aromatic amines is 1. The summed E-state index contributed by atoms with van der Waals surface area (Å²) in [7, 11) is 0. The largest absolute Gasteiger partial charge is 0.478 e. The quantitative estimate of drug-likeness (QED) is 0.759. The van der Waals surface area contributed by atoms with E-state index in [0.717, 1.165) is 11.2 Å². The maximum atomic E-state index is 10.9. The van der Waals surface area contributed by atoms with Crippen LogP contribution < -0.4 is 0 Å². The second-order valence-corrected chi connectivity index (χ2v) is 3.48. The van der Waals surface area contributed by atoms with Crippen LogP contribution in [0.25, 0.3) is 10.9 Å². The van der Waals surface area contributed by atoms with Gasteiger partial charge in [0.15, 0.2) is 0 Å². The van der Waals surface area contributed by atoms with Gasteiger partial charge in [-0.25, -0.2) is 4.79 Å². The van der Waals surface area contributed by atoms with E-state index in [-0.39, 0.29) is 5.56 Å². The first-order valence-corrected chi connectivity index (χ1v) is 4.49. The molecule has 0 unspecified atom stereocenters. The van der Waals surface area contributed by atoms with E-state index in [1.165, 1.54) is 0 Å². The molecule has 0 saturated heterocycles. The predicted molar refractivity (Wildman–Crippen MR) is 55.0 cm³/mol. The highest BCUT2D eigenvalue weighted by atomic mass is 35.5. The average molecular weight is 210 g/mol. The molecule has 1 aromatic heterocycles. The normalized spacial score (nSPS) is 10.7. The first-order chi connectivity index (χ1) is 6.61. The molecule has 0 fully saturated rings. The molecule has 1 aromatic carbocycles. The van der Waals surface area contributed by atoms with Crippen LogP contribution in [0.1, 0.15) is 16.1 Å². The van der Waals surface area contributed by atoms with Gasteiger partial charge in [-0.1, -0.05) is 17.7 Å². The maximum Gasteiger partial charge on any atom is 0.336 e. The number of aromatic carboxylic acids is 1. The summed E-state index contributed by atoms with van der Waals surface area (Å²) in [5.41, 5.74) is 1.78. The Kier molecular flexibility index (Phi) is 1.97. The maximum absolute atomic E-state index is 10.9. The molecule has 0 atom stereocenters. The lowest BCUT2D eigenvalue weighted by molar-refractivity contribution is 0.0699. The van der Waals surface area contributed by atoms with Gasteiger partial charge in [0.2, 0.25) is 0 Å². The van der Waals surface area contributed by atoms with Crippen LogP contribution in [0.4, 0.5) is 0 Å². The van der Waals surface area contributed by atoms with E-state index >= 15 is 0 Å². The Labute approximate surface area is 85.3 Å². The Hall–Kier alpha value is -1.48. The Morgan fingerprint density at radius 1 is 1.50 bits per heavy atom. The zero-order chi connectivity index (χ0) is 10.3. The van der Waals surface area contributed by atoms with Crippen LogP contribution >= 0.6 is 11.6 Å². The minimum Gasteiger partial charge on any atom is -0.478 e.